The number of nitrogens with two attached hydrogens (primary N) is 1. The van der Waals surface area contributed by atoms with E-state index >= 15 is 0 Å². The molecule has 4 N–H and O–H groups in total. The molecular weight excluding hydrogens is 401 g/mol. The number of fused-ring (bicyclic) bond motifs is 2. The number of carbonyl (C=O) groups is 1. The number of carboxylic acid groups (broad SMARTS) is 1. The second-order valence-corrected chi connectivity index (χ2v) is 6.02. The largest absolute Gasteiger partial charge is 0.478 e. The minimum atomic E-state index is -4.33. The average molecular weight is 413 g/mol. The van der Waals surface area contributed by atoms with Crippen LogP contribution in [0.5, 0.6) is 0 Å². The molecule has 146 valence electrons. The van der Waals surface area contributed by atoms with Gasteiger partial charge in [0.05, 0.1) is 22.2 Å². The van der Waals surface area contributed by atoms with Gasteiger partial charge in [-0.2, -0.15) is 18.3 Å². The standard InChI is InChI=1S/C9H6ClNO2.C7H6F3N5/c10-7-4-11-8-3-5(9(12)13)1-2-6(7)8;8-7(9,10)2-15-6-4(1-14-15)5(11)12-3-13-6/h1-4,11H,(H,12,13);1,3H,2H2,(H2,11,12,13). The summed E-state index contributed by atoms with van der Waals surface area (Å²) in [5.74, 6) is -0.818. The van der Waals surface area contributed by atoms with E-state index in [1.165, 1.54) is 12.3 Å². The number of halogens is 4. The molecule has 12 heteroatoms. The third-order valence-corrected chi connectivity index (χ3v) is 3.98. The number of H-pyrrole nitrogens is 1. The van der Waals surface area contributed by atoms with E-state index in [1.807, 2.05) is 0 Å². The van der Waals surface area contributed by atoms with Crippen LogP contribution in [-0.4, -0.2) is 42.0 Å². The molecule has 0 bridgehead atoms. The van der Waals surface area contributed by atoms with Crippen molar-refractivity contribution >= 4 is 45.3 Å². The molecule has 0 aliphatic rings. The smallest absolute Gasteiger partial charge is 0.408 e. The summed E-state index contributed by atoms with van der Waals surface area (Å²) >= 11 is 5.83. The number of carboxylic acids is 1. The van der Waals surface area contributed by atoms with Gasteiger partial charge in [-0.05, 0) is 12.1 Å². The van der Waals surface area contributed by atoms with Gasteiger partial charge in [0.15, 0.2) is 5.65 Å². The molecule has 0 saturated carbocycles. The highest BCUT2D eigenvalue weighted by Crippen LogP contribution is 2.23. The number of aromatic amines is 1. The van der Waals surface area contributed by atoms with Crippen LogP contribution >= 0.6 is 11.6 Å². The average Bonchev–Trinajstić information content (AvgIpc) is 3.19. The van der Waals surface area contributed by atoms with Gasteiger partial charge in [0.1, 0.15) is 18.7 Å². The molecule has 0 radical (unpaired) electrons. The quantitative estimate of drug-likeness (QED) is 0.463. The van der Waals surface area contributed by atoms with Crippen molar-refractivity contribution in [1.29, 1.82) is 0 Å². The predicted octanol–water partition coefficient (Wildman–Crippen LogP) is 3.49. The molecular formula is C16H12ClF3N6O2. The first kappa shape index (κ1) is 19.4. The summed E-state index contributed by atoms with van der Waals surface area (Å²) in [4.78, 5) is 20.8. The Morgan fingerprint density at radius 1 is 1.29 bits per heavy atom. The number of nitrogen functional groups attached to an aromatic ring is 1. The molecule has 1 aromatic carbocycles. The van der Waals surface area contributed by atoms with Crippen molar-refractivity contribution in [2.24, 2.45) is 0 Å². The Labute approximate surface area is 159 Å². The molecule has 3 heterocycles. The number of aromatic carboxylic acids is 1. The van der Waals surface area contributed by atoms with Crippen molar-refractivity contribution in [2.45, 2.75) is 12.7 Å². The number of hydrogen-bond acceptors (Lipinski definition) is 5. The summed E-state index contributed by atoms with van der Waals surface area (Å²) < 4.78 is 37.1. The van der Waals surface area contributed by atoms with Crippen LogP contribution in [0.1, 0.15) is 10.4 Å². The fourth-order valence-corrected chi connectivity index (χ4v) is 2.64. The monoisotopic (exact) mass is 412 g/mol. The summed E-state index contributed by atoms with van der Waals surface area (Å²) in [7, 11) is 0. The Balaban J connectivity index is 0.000000162. The van der Waals surface area contributed by atoms with Gasteiger partial charge in [-0.1, -0.05) is 17.7 Å². The molecule has 0 aliphatic heterocycles. The van der Waals surface area contributed by atoms with Crippen molar-refractivity contribution in [3.05, 3.63) is 47.5 Å². The fourth-order valence-electron chi connectivity index (χ4n) is 2.42. The Kier molecular flexibility index (Phi) is 5.10. The molecule has 28 heavy (non-hydrogen) atoms. The first-order valence-electron chi connectivity index (χ1n) is 7.64. The maximum atomic E-state index is 12.1. The Morgan fingerprint density at radius 3 is 2.71 bits per heavy atom. The van der Waals surface area contributed by atoms with Crippen LogP contribution in [0.25, 0.3) is 21.9 Å². The van der Waals surface area contributed by atoms with E-state index in [1.54, 1.807) is 18.3 Å². The minimum absolute atomic E-state index is 0.0832. The van der Waals surface area contributed by atoms with Gasteiger partial charge in [0.25, 0.3) is 0 Å². The van der Waals surface area contributed by atoms with Gasteiger partial charge in [0, 0.05) is 17.1 Å². The lowest BCUT2D eigenvalue weighted by Gasteiger charge is -2.06. The Bertz CT molecular complexity index is 1150. The normalized spacial score (nSPS) is 11.4. The van der Waals surface area contributed by atoms with Crippen molar-refractivity contribution < 1.29 is 23.1 Å². The van der Waals surface area contributed by atoms with Gasteiger partial charge in [-0.15, -0.1) is 0 Å². The Morgan fingerprint density at radius 2 is 2.04 bits per heavy atom. The lowest BCUT2D eigenvalue weighted by molar-refractivity contribution is -0.141. The topological polar surface area (TPSA) is 123 Å². The predicted molar refractivity (Wildman–Crippen MR) is 96.1 cm³/mol. The van der Waals surface area contributed by atoms with E-state index in [4.69, 9.17) is 22.4 Å². The summed E-state index contributed by atoms with van der Waals surface area (Å²) in [6.45, 7) is -1.19. The molecule has 4 aromatic rings. The van der Waals surface area contributed by atoms with E-state index in [-0.39, 0.29) is 17.0 Å². The number of hydrogen-bond donors (Lipinski definition) is 3. The fraction of sp³-hybridized carbons (Fsp3) is 0.125. The molecule has 0 spiro atoms. The number of nitrogens with zero attached hydrogens (tertiary/aromatic N) is 4. The molecule has 0 unspecified atom stereocenters. The van der Waals surface area contributed by atoms with Gasteiger partial charge in [0.2, 0.25) is 0 Å². The first-order valence-corrected chi connectivity index (χ1v) is 8.02. The highest BCUT2D eigenvalue weighted by Gasteiger charge is 2.29. The van der Waals surface area contributed by atoms with Crippen LogP contribution in [0.4, 0.5) is 19.0 Å². The van der Waals surface area contributed by atoms with E-state index in [2.05, 4.69) is 20.1 Å². The zero-order valence-electron chi connectivity index (χ0n) is 13.9. The van der Waals surface area contributed by atoms with Gasteiger partial charge >= 0.3 is 12.1 Å². The second kappa shape index (κ2) is 7.35. The Hall–Kier alpha value is -3.34. The van der Waals surface area contributed by atoms with Crippen LogP contribution in [0.3, 0.4) is 0 Å². The summed E-state index contributed by atoms with van der Waals surface area (Å²) in [6, 6.07) is 4.78. The minimum Gasteiger partial charge on any atom is -0.478 e. The maximum Gasteiger partial charge on any atom is 0.408 e. The number of aromatic nitrogens is 5. The van der Waals surface area contributed by atoms with Crippen molar-refractivity contribution in [1.82, 2.24) is 24.7 Å². The molecule has 0 atom stereocenters. The highest BCUT2D eigenvalue weighted by molar-refractivity contribution is 6.35. The van der Waals surface area contributed by atoms with Crippen molar-refractivity contribution in [3.8, 4) is 0 Å². The van der Waals surface area contributed by atoms with E-state index in [0.717, 1.165) is 21.9 Å². The van der Waals surface area contributed by atoms with E-state index < -0.39 is 18.7 Å². The van der Waals surface area contributed by atoms with E-state index in [9.17, 15) is 18.0 Å². The third kappa shape index (κ3) is 4.14. The summed E-state index contributed by atoms with van der Waals surface area (Å²) in [5.41, 5.74) is 6.53. The van der Waals surface area contributed by atoms with Crippen molar-refractivity contribution in [3.63, 3.8) is 0 Å². The van der Waals surface area contributed by atoms with Crippen LogP contribution in [-0.2, 0) is 6.54 Å². The third-order valence-electron chi connectivity index (χ3n) is 3.67. The maximum absolute atomic E-state index is 12.1. The van der Waals surface area contributed by atoms with Gasteiger partial charge in [-0.3, -0.25) is 0 Å². The highest BCUT2D eigenvalue weighted by atomic mass is 35.5. The van der Waals surface area contributed by atoms with E-state index in [0.29, 0.717) is 10.4 Å². The molecule has 4 rings (SSSR count). The number of anilines is 1. The van der Waals surface area contributed by atoms with Crippen LogP contribution in [0.15, 0.2) is 36.9 Å². The zero-order chi connectivity index (χ0) is 20.5. The number of rotatable bonds is 2. The molecule has 0 amide bonds. The lowest BCUT2D eigenvalue weighted by atomic mass is 10.2. The summed E-state index contributed by atoms with van der Waals surface area (Å²) in [6.07, 6.45) is -0.376. The van der Waals surface area contributed by atoms with Crippen LogP contribution in [0, 0.1) is 0 Å². The zero-order valence-corrected chi connectivity index (χ0v) is 14.7. The SMILES string of the molecule is Nc1ncnc2c1cnn2CC(F)(F)F.O=C(O)c1ccc2c(Cl)c[nH]c2c1. The molecule has 8 nitrogen and oxygen atoms in total. The molecule has 0 saturated heterocycles. The number of alkyl halides is 3. The van der Waals surface area contributed by atoms with Crippen LogP contribution in [0.2, 0.25) is 5.02 Å². The van der Waals surface area contributed by atoms with Crippen LogP contribution < -0.4 is 5.73 Å². The molecule has 3 aromatic heterocycles. The van der Waals surface area contributed by atoms with Gasteiger partial charge < -0.3 is 15.8 Å². The number of nitrogens with one attached hydrogen (secondary N) is 1. The van der Waals surface area contributed by atoms with Gasteiger partial charge in [-0.25, -0.2) is 19.4 Å². The first-order chi connectivity index (χ1) is 13.2. The van der Waals surface area contributed by atoms with Crippen molar-refractivity contribution in [2.75, 3.05) is 5.73 Å². The molecule has 0 aliphatic carbocycles. The lowest BCUT2D eigenvalue weighted by Crippen LogP contribution is -2.18. The summed E-state index contributed by atoms with van der Waals surface area (Å²) in [5, 5.41) is 14.0. The second-order valence-electron chi connectivity index (χ2n) is 5.62. The number of benzene rings is 1. The molecule has 0 fully saturated rings.